The predicted molar refractivity (Wildman–Crippen MR) is 68.7 cm³/mol. The highest BCUT2D eigenvalue weighted by molar-refractivity contribution is 7.99. The molecule has 0 atom stereocenters. The van der Waals surface area contributed by atoms with E-state index in [1.54, 1.807) is 30.0 Å². The second-order valence-corrected chi connectivity index (χ2v) is 4.66. The van der Waals surface area contributed by atoms with Crippen LogP contribution in [0, 0.1) is 0 Å². The molecule has 10 heteroatoms. The molecule has 19 heavy (non-hydrogen) atoms. The number of H-pyrrole nitrogens is 1. The molecular formula is C9H10N8OS. The first kappa shape index (κ1) is 11.7. The Balaban J connectivity index is 2.11. The van der Waals surface area contributed by atoms with Gasteiger partial charge >= 0.3 is 5.69 Å². The highest BCUT2D eigenvalue weighted by Gasteiger charge is 2.13. The van der Waals surface area contributed by atoms with E-state index in [0.29, 0.717) is 21.6 Å². The Morgan fingerprint density at radius 2 is 2.37 bits per heavy atom. The molecule has 0 aliphatic rings. The van der Waals surface area contributed by atoms with E-state index in [4.69, 9.17) is 5.84 Å². The van der Waals surface area contributed by atoms with Crippen LogP contribution in [0.4, 0.5) is 5.82 Å². The van der Waals surface area contributed by atoms with Gasteiger partial charge in [0.15, 0.2) is 16.6 Å². The van der Waals surface area contributed by atoms with Gasteiger partial charge in [-0.15, -0.1) is 5.10 Å². The van der Waals surface area contributed by atoms with E-state index in [1.807, 2.05) is 0 Å². The Bertz CT molecular complexity index is 787. The fourth-order valence-corrected chi connectivity index (χ4v) is 2.43. The van der Waals surface area contributed by atoms with Crippen molar-refractivity contribution in [1.29, 1.82) is 0 Å². The zero-order valence-corrected chi connectivity index (χ0v) is 10.7. The largest absolute Gasteiger partial charge is 0.343 e. The Hall–Kier alpha value is -2.33. The number of fused-ring (bicyclic) bond motifs is 1. The van der Waals surface area contributed by atoms with Crippen LogP contribution >= 0.6 is 11.8 Å². The van der Waals surface area contributed by atoms with Crippen molar-refractivity contribution in [2.75, 3.05) is 5.43 Å². The SMILES string of the molecule is Cn1c(Sc2nc(NN)cn3ccnc23)n[nH]c1=O. The first-order valence-electron chi connectivity index (χ1n) is 5.28. The summed E-state index contributed by atoms with van der Waals surface area (Å²) >= 11 is 1.23. The maximum absolute atomic E-state index is 11.3. The standard InChI is InChI=1S/C9H10N8OS/c1-16-8(18)14-15-9(16)19-7-6-11-2-3-17(6)4-5(12-7)13-10/h2-4,13H,10H2,1H3,(H,14,18). The number of anilines is 1. The number of imidazole rings is 1. The number of aromatic amines is 1. The number of hydrogen-bond acceptors (Lipinski definition) is 7. The summed E-state index contributed by atoms with van der Waals surface area (Å²) in [6.07, 6.45) is 5.16. The van der Waals surface area contributed by atoms with Crippen LogP contribution in [-0.4, -0.2) is 29.1 Å². The third-order valence-electron chi connectivity index (χ3n) is 2.52. The average Bonchev–Trinajstić information content (AvgIpc) is 3.00. The smallest absolute Gasteiger partial charge is 0.307 e. The van der Waals surface area contributed by atoms with E-state index < -0.39 is 0 Å². The summed E-state index contributed by atoms with van der Waals surface area (Å²) in [5.74, 6) is 5.87. The highest BCUT2D eigenvalue weighted by atomic mass is 32.2. The van der Waals surface area contributed by atoms with E-state index in [1.165, 1.54) is 16.3 Å². The lowest BCUT2D eigenvalue weighted by Gasteiger charge is -2.05. The molecule has 98 valence electrons. The van der Waals surface area contributed by atoms with Gasteiger partial charge in [-0.05, 0) is 11.8 Å². The molecule has 0 fully saturated rings. The van der Waals surface area contributed by atoms with E-state index >= 15 is 0 Å². The lowest BCUT2D eigenvalue weighted by molar-refractivity contribution is 0.764. The van der Waals surface area contributed by atoms with Crippen molar-refractivity contribution in [2.24, 2.45) is 12.9 Å². The summed E-state index contributed by atoms with van der Waals surface area (Å²) in [6, 6.07) is 0. The quantitative estimate of drug-likeness (QED) is 0.440. The minimum Gasteiger partial charge on any atom is -0.307 e. The van der Waals surface area contributed by atoms with Gasteiger partial charge in [0, 0.05) is 19.4 Å². The molecule has 0 aliphatic carbocycles. The molecule has 0 unspecified atom stereocenters. The van der Waals surface area contributed by atoms with Crippen molar-refractivity contribution in [2.45, 2.75) is 10.2 Å². The number of rotatable bonds is 3. The van der Waals surface area contributed by atoms with E-state index in [-0.39, 0.29) is 5.69 Å². The maximum atomic E-state index is 11.3. The Morgan fingerprint density at radius 1 is 1.53 bits per heavy atom. The van der Waals surface area contributed by atoms with Crippen LogP contribution in [-0.2, 0) is 7.05 Å². The first-order chi connectivity index (χ1) is 9.19. The monoisotopic (exact) mass is 278 g/mol. The summed E-state index contributed by atoms with van der Waals surface area (Å²) in [5, 5.41) is 7.38. The predicted octanol–water partition coefficient (Wildman–Crippen LogP) is -0.412. The van der Waals surface area contributed by atoms with Crippen molar-refractivity contribution < 1.29 is 0 Å². The molecule has 3 heterocycles. The summed E-state index contributed by atoms with van der Waals surface area (Å²) < 4.78 is 3.18. The molecule has 0 saturated heterocycles. The molecule has 0 bridgehead atoms. The highest BCUT2D eigenvalue weighted by Crippen LogP contribution is 2.27. The van der Waals surface area contributed by atoms with Gasteiger partial charge in [-0.25, -0.2) is 25.7 Å². The lowest BCUT2D eigenvalue weighted by Crippen LogP contribution is -2.13. The Kier molecular flexibility index (Phi) is 2.72. The van der Waals surface area contributed by atoms with E-state index in [0.717, 1.165) is 0 Å². The van der Waals surface area contributed by atoms with Crippen LogP contribution < -0.4 is 17.0 Å². The maximum Gasteiger partial charge on any atom is 0.343 e. The lowest BCUT2D eigenvalue weighted by atomic mass is 10.6. The molecule has 0 spiro atoms. The summed E-state index contributed by atoms with van der Waals surface area (Å²) in [7, 11) is 1.63. The van der Waals surface area contributed by atoms with Gasteiger partial charge in [-0.3, -0.25) is 4.57 Å². The van der Waals surface area contributed by atoms with Crippen molar-refractivity contribution in [3.05, 3.63) is 29.1 Å². The normalized spacial score (nSPS) is 11.1. The molecule has 3 aromatic heterocycles. The average molecular weight is 278 g/mol. The van der Waals surface area contributed by atoms with Crippen LogP contribution in [0.1, 0.15) is 0 Å². The zero-order chi connectivity index (χ0) is 13.4. The number of nitrogens with one attached hydrogen (secondary N) is 2. The minimum absolute atomic E-state index is 0.282. The zero-order valence-electron chi connectivity index (χ0n) is 9.86. The van der Waals surface area contributed by atoms with Gasteiger partial charge in [0.1, 0.15) is 5.03 Å². The molecule has 3 rings (SSSR count). The fourth-order valence-electron chi connectivity index (χ4n) is 1.55. The van der Waals surface area contributed by atoms with Crippen LogP contribution in [0.3, 0.4) is 0 Å². The number of hydrogen-bond donors (Lipinski definition) is 3. The molecule has 3 aromatic rings. The first-order valence-corrected chi connectivity index (χ1v) is 6.10. The third kappa shape index (κ3) is 1.96. The van der Waals surface area contributed by atoms with Gasteiger partial charge in [0.2, 0.25) is 0 Å². The number of nitrogen functional groups attached to an aromatic ring is 1. The number of nitrogens with zero attached hydrogens (tertiary/aromatic N) is 5. The van der Waals surface area contributed by atoms with Gasteiger partial charge < -0.3 is 9.83 Å². The van der Waals surface area contributed by atoms with E-state index in [2.05, 4.69) is 25.6 Å². The van der Waals surface area contributed by atoms with Crippen molar-refractivity contribution >= 4 is 23.2 Å². The molecule has 0 saturated carbocycles. The van der Waals surface area contributed by atoms with Gasteiger partial charge in [-0.2, -0.15) is 0 Å². The van der Waals surface area contributed by atoms with Gasteiger partial charge in [0.25, 0.3) is 0 Å². The van der Waals surface area contributed by atoms with Crippen molar-refractivity contribution in [3.63, 3.8) is 0 Å². The molecule has 0 amide bonds. The molecule has 0 radical (unpaired) electrons. The number of hydrazine groups is 1. The Morgan fingerprint density at radius 3 is 3.05 bits per heavy atom. The van der Waals surface area contributed by atoms with Crippen molar-refractivity contribution in [1.82, 2.24) is 29.1 Å². The second kappa shape index (κ2) is 4.40. The summed E-state index contributed by atoms with van der Waals surface area (Å²) in [4.78, 5) is 19.8. The van der Waals surface area contributed by atoms with Crippen LogP contribution in [0.15, 0.2) is 33.6 Å². The number of nitrogens with two attached hydrogens (primary N) is 1. The number of aromatic nitrogens is 6. The van der Waals surface area contributed by atoms with Crippen LogP contribution in [0.25, 0.3) is 5.65 Å². The molecule has 9 nitrogen and oxygen atoms in total. The van der Waals surface area contributed by atoms with Crippen LogP contribution in [0.5, 0.6) is 0 Å². The van der Waals surface area contributed by atoms with Gasteiger partial charge in [0.05, 0.1) is 6.20 Å². The second-order valence-electron chi connectivity index (χ2n) is 3.71. The summed E-state index contributed by atoms with van der Waals surface area (Å²) in [5.41, 5.74) is 2.87. The molecule has 4 N–H and O–H groups in total. The minimum atomic E-state index is -0.282. The third-order valence-corrected chi connectivity index (χ3v) is 3.53. The van der Waals surface area contributed by atoms with E-state index in [9.17, 15) is 4.79 Å². The van der Waals surface area contributed by atoms with Crippen LogP contribution in [0.2, 0.25) is 0 Å². The topological polar surface area (TPSA) is 119 Å². The Labute approximate surface area is 110 Å². The molecule has 0 aromatic carbocycles. The molecule has 0 aliphatic heterocycles. The molecular weight excluding hydrogens is 268 g/mol. The van der Waals surface area contributed by atoms with Gasteiger partial charge in [-0.1, -0.05) is 0 Å². The fraction of sp³-hybridized carbons (Fsp3) is 0.111. The van der Waals surface area contributed by atoms with Crippen molar-refractivity contribution in [3.8, 4) is 0 Å². The summed E-state index contributed by atoms with van der Waals surface area (Å²) in [6.45, 7) is 0.